The minimum absolute atomic E-state index is 3.78. The van der Waals surface area contributed by atoms with Crippen LogP contribution in [0, 0.1) is 0 Å². The molecule has 2 nitrogen and oxygen atoms in total. The Morgan fingerprint density at radius 3 is 1.60 bits per heavy atom. The van der Waals surface area contributed by atoms with Crippen molar-refractivity contribution in [1.29, 1.82) is 0 Å². The second-order valence-electron chi connectivity index (χ2n) is 1.26. The van der Waals surface area contributed by atoms with Crippen molar-refractivity contribution in [2.45, 2.75) is 10.6 Å². The van der Waals surface area contributed by atoms with Crippen molar-refractivity contribution in [3.05, 3.63) is 0 Å². The summed E-state index contributed by atoms with van der Waals surface area (Å²) in [7, 11) is 0. The molecule has 0 fully saturated rings. The van der Waals surface area contributed by atoms with E-state index in [1.54, 1.807) is 0 Å². The van der Waals surface area contributed by atoms with Crippen LogP contribution in [0.15, 0.2) is 0 Å². The molecule has 1 atom stereocenters. The Labute approximate surface area is 60.4 Å². The number of halogens is 5. The van der Waals surface area contributed by atoms with Crippen molar-refractivity contribution in [3.63, 3.8) is 0 Å². The van der Waals surface area contributed by atoms with Gasteiger partial charge in [0.05, 0.1) is 0 Å². The largest absolute Gasteiger partial charge is 0.421 e. The molecule has 0 aromatic rings. The molecule has 0 spiro atoms. The number of alkyl halides is 5. The van der Waals surface area contributed by atoms with Crippen LogP contribution in [0.1, 0.15) is 0 Å². The van der Waals surface area contributed by atoms with Gasteiger partial charge in [0, 0.05) is 0 Å². The average Bonchev–Trinajstić information content (AvgIpc) is 1.62. The quantitative estimate of drug-likeness (QED) is 0.418. The highest BCUT2D eigenvalue weighted by Gasteiger charge is 2.60. The van der Waals surface area contributed by atoms with Crippen molar-refractivity contribution in [1.82, 2.24) is 0 Å². The zero-order chi connectivity index (χ0) is 8.58. The molecule has 0 radical (unpaired) electrons. The summed E-state index contributed by atoms with van der Waals surface area (Å²) in [5, 5.41) is -10.1. The van der Waals surface area contributed by atoms with Crippen LogP contribution in [0.3, 0.4) is 0 Å². The van der Waals surface area contributed by atoms with E-state index < -0.39 is 21.7 Å². The number of hydrogen-bond donors (Lipinski definition) is 1. The van der Waals surface area contributed by atoms with Crippen molar-refractivity contribution in [2.24, 2.45) is 0 Å². The van der Waals surface area contributed by atoms with Gasteiger partial charge in [0.2, 0.25) is 11.1 Å². The van der Waals surface area contributed by atoms with Gasteiger partial charge in [-0.3, -0.25) is 0 Å². The van der Waals surface area contributed by atoms with Crippen LogP contribution in [-0.4, -0.2) is 19.4 Å². The van der Waals surface area contributed by atoms with E-state index in [1.807, 2.05) is 0 Å². The van der Waals surface area contributed by atoms with Crippen LogP contribution >= 0.6 is 11.6 Å². The molecule has 10 heavy (non-hydrogen) atoms. The molecule has 0 aliphatic rings. The Balaban J connectivity index is 4.57. The summed E-state index contributed by atoms with van der Waals surface area (Å²) in [6, 6.07) is 0. The van der Waals surface area contributed by atoms with Gasteiger partial charge in [-0.1, -0.05) is 0 Å². The van der Waals surface area contributed by atoms with Crippen LogP contribution in [0.4, 0.5) is 17.6 Å². The molecule has 0 aliphatic carbocycles. The summed E-state index contributed by atoms with van der Waals surface area (Å²) in [6.45, 7) is 0. The molecule has 1 N–H and O–H groups in total. The molecule has 0 aromatic heterocycles. The fraction of sp³-hybridized carbons (Fsp3) is 1.00. The molecule has 0 bridgehead atoms. The molecule has 0 amide bonds. The van der Waals surface area contributed by atoms with Crippen molar-refractivity contribution in [2.75, 3.05) is 0 Å². The van der Waals surface area contributed by atoms with E-state index in [9.17, 15) is 21.8 Å². The fourth-order valence-corrected chi connectivity index (χ4v) is 0.495. The van der Waals surface area contributed by atoms with Gasteiger partial charge in [0.15, 0.2) is 0 Å². The van der Waals surface area contributed by atoms with Crippen molar-refractivity contribution in [3.8, 4) is 0 Å². The second kappa shape index (κ2) is 2.63. The maximum Gasteiger partial charge on any atom is 0.421 e. The monoisotopic (exact) mass is 200 g/mol. The van der Waals surface area contributed by atoms with E-state index in [4.69, 9.17) is 4.55 Å². The number of rotatable bonds is 2. The Bertz CT molecular complexity index is 154. The first kappa shape index (κ1) is 10.1. The maximum atomic E-state index is 11.6. The predicted octanol–water partition coefficient (Wildman–Crippen LogP) is 1.63. The molecule has 8 heteroatoms. The van der Waals surface area contributed by atoms with E-state index in [0.717, 1.165) is 0 Å². The van der Waals surface area contributed by atoms with Crippen LogP contribution in [0.25, 0.3) is 0 Å². The van der Waals surface area contributed by atoms with Crippen LogP contribution in [-0.2, 0) is 11.1 Å². The topological polar surface area (TPSA) is 37.3 Å². The summed E-state index contributed by atoms with van der Waals surface area (Å²) in [5.41, 5.74) is 0. The van der Waals surface area contributed by atoms with Crippen LogP contribution in [0.2, 0.25) is 0 Å². The first-order valence-electron chi connectivity index (χ1n) is 1.75. The van der Waals surface area contributed by atoms with Crippen LogP contribution in [0.5, 0.6) is 0 Å². The normalized spacial score (nSPS) is 17.0. The lowest BCUT2D eigenvalue weighted by atomic mass is 10.7. The van der Waals surface area contributed by atoms with E-state index in [0.29, 0.717) is 0 Å². The SMILES string of the molecule is O=S(O)C(F)(F)C(F)(F)Cl. The van der Waals surface area contributed by atoms with Gasteiger partial charge in [-0.15, -0.1) is 0 Å². The van der Waals surface area contributed by atoms with Gasteiger partial charge in [0.25, 0.3) is 0 Å². The molecule has 0 rings (SSSR count). The Morgan fingerprint density at radius 2 is 1.60 bits per heavy atom. The molecule has 1 unspecified atom stereocenters. The molecule has 0 heterocycles. The van der Waals surface area contributed by atoms with E-state index >= 15 is 0 Å². The first-order chi connectivity index (χ1) is 4.19. The van der Waals surface area contributed by atoms with Gasteiger partial charge in [-0.2, -0.15) is 17.6 Å². The van der Waals surface area contributed by atoms with E-state index in [2.05, 4.69) is 11.6 Å². The van der Waals surface area contributed by atoms with Gasteiger partial charge in [-0.05, 0) is 11.6 Å². The Morgan fingerprint density at radius 1 is 1.30 bits per heavy atom. The van der Waals surface area contributed by atoms with Gasteiger partial charge < -0.3 is 4.55 Å². The molecule has 0 aromatic carbocycles. The minimum Gasteiger partial charge on any atom is -0.301 e. The Kier molecular flexibility index (Phi) is 2.66. The standard InChI is InChI=1S/C2HClF4O2S/c3-1(4,5)2(6,7)10(8)9/h(H,8,9). The third-order valence-electron chi connectivity index (χ3n) is 0.549. The summed E-state index contributed by atoms with van der Waals surface area (Å²) in [6.07, 6.45) is 0. The minimum atomic E-state index is -5.10. The molecule has 62 valence electrons. The molecular formula is C2HClF4O2S. The lowest BCUT2D eigenvalue weighted by molar-refractivity contribution is -0.0968. The second-order valence-corrected chi connectivity index (χ2v) is 2.75. The third kappa shape index (κ3) is 1.80. The van der Waals surface area contributed by atoms with E-state index in [1.165, 1.54) is 0 Å². The Hall–Kier alpha value is 0.120. The van der Waals surface area contributed by atoms with Crippen LogP contribution < -0.4 is 0 Å². The molecule has 0 saturated heterocycles. The highest BCUT2D eigenvalue weighted by molar-refractivity contribution is 7.80. The zero-order valence-corrected chi connectivity index (χ0v) is 5.73. The maximum absolute atomic E-state index is 11.6. The molecule has 0 saturated carbocycles. The first-order valence-corrected chi connectivity index (χ1v) is 3.23. The summed E-state index contributed by atoms with van der Waals surface area (Å²) in [5.74, 6) is 0. The van der Waals surface area contributed by atoms with E-state index in [-0.39, 0.29) is 0 Å². The average molecular weight is 201 g/mol. The number of hydrogen-bond acceptors (Lipinski definition) is 1. The van der Waals surface area contributed by atoms with Crippen molar-refractivity contribution < 1.29 is 26.3 Å². The molecular weight excluding hydrogens is 200 g/mol. The third-order valence-corrected chi connectivity index (χ3v) is 1.59. The van der Waals surface area contributed by atoms with Gasteiger partial charge in [-0.25, -0.2) is 4.21 Å². The summed E-state index contributed by atoms with van der Waals surface area (Å²) < 4.78 is 63.1. The zero-order valence-electron chi connectivity index (χ0n) is 4.15. The molecule has 0 aliphatic heterocycles. The lowest BCUT2D eigenvalue weighted by Crippen LogP contribution is -2.39. The van der Waals surface area contributed by atoms with Gasteiger partial charge >= 0.3 is 10.6 Å². The fourth-order valence-electron chi connectivity index (χ4n) is 0.0990. The van der Waals surface area contributed by atoms with Crippen molar-refractivity contribution >= 4 is 22.7 Å². The summed E-state index contributed by atoms with van der Waals surface area (Å²) in [4.78, 5) is 0. The smallest absolute Gasteiger partial charge is 0.301 e. The van der Waals surface area contributed by atoms with Gasteiger partial charge in [0.1, 0.15) is 0 Å². The highest BCUT2D eigenvalue weighted by atomic mass is 35.5. The highest BCUT2D eigenvalue weighted by Crippen LogP contribution is 2.39. The predicted molar refractivity (Wildman–Crippen MR) is 26.5 cm³/mol. The lowest BCUT2D eigenvalue weighted by Gasteiger charge is -2.15. The summed E-state index contributed by atoms with van der Waals surface area (Å²) >= 11 is -0.177.